The van der Waals surface area contributed by atoms with Gasteiger partial charge in [-0.15, -0.1) is 10.2 Å². The Balaban J connectivity index is 1.66. The second-order valence-corrected chi connectivity index (χ2v) is 5.83. The molecule has 0 saturated heterocycles. The van der Waals surface area contributed by atoms with Crippen LogP contribution in [-0.4, -0.2) is 50.5 Å². The van der Waals surface area contributed by atoms with Crippen LogP contribution >= 0.6 is 0 Å². The van der Waals surface area contributed by atoms with Crippen LogP contribution < -0.4 is 4.74 Å². The van der Waals surface area contributed by atoms with E-state index in [9.17, 15) is 9.90 Å². The molecular formula is C16H18N4O4. The molecule has 0 radical (unpaired) electrons. The van der Waals surface area contributed by atoms with Crippen molar-refractivity contribution in [1.82, 2.24) is 19.7 Å². The maximum atomic E-state index is 11.9. The van der Waals surface area contributed by atoms with E-state index < -0.39 is 12.0 Å². The summed E-state index contributed by atoms with van der Waals surface area (Å²) in [6, 6.07) is 6.53. The normalized spacial score (nSPS) is 20.6. The SMILES string of the molecule is O=C(O)C1c2ccccc2OCCN1Cc1nnc2n1CCOC2. The summed E-state index contributed by atoms with van der Waals surface area (Å²) in [6.07, 6.45) is 0. The van der Waals surface area contributed by atoms with Gasteiger partial charge in [0.1, 0.15) is 30.8 Å². The van der Waals surface area contributed by atoms with Gasteiger partial charge in [0.25, 0.3) is 0 Å². The number of carboxylic acids is 1. The molecule has 3 heterocycles. The topological polar surface area (TPSA) is 89.7 Å². The van der Waals surface area contributed by atoms with Crippen LogP contribution in [0.5, 0.6) is 5.75 Å². The number of ether oxygens (including phenoxy) is 2. The van der Waals surface area contributed by atoms with Crippen molar-refractivity contribution in [2.24, 2.45) is 0 Å². The fraction of sp³-hybridized carbons (Fsp3) is 0.438. The van der Waals surface area contributed by atoms with Gasteiger partial charge in [-0.2, -0.15) is 0 Å². The lowest BCUT2D eigenvalue weighted by Crippen LogP contribution is -2.36. The first-order chi connectivity index (χ1) is 11.7. The van der Waals surface area contributed by atoms with Gasteiger partial charge in [-0.3, -0.25) is 9.69 Å². The van der Waals surface area contributed by atoms with Crippen molar-refractivity contribution in [3.8, 4) is 5.75 Å². The van der Waals surface area contributed by atoms with Crippen molar-refractivity contribution < 1.29 is 19.4 Å². The molecule has 0 spiro atoms. The van der Waals surface area contributed by atoms with E-state index in [1.54, 1.807) is 6.07 Å². The number of hydrogen-bond acceptors (Lipinski definition) is 6. The van der Waals surface area contributed by atoms with E-state index in [2.05, 4.69) is 10.2 Å². The van der Waals surface area contributed by atoms with E-state index in [1.165, 1.54) is 0 Å². The Morgan fingerprint density at radius 3 is 3.00 bits per heavy atom. The van der Waals surface area contributed by atoms with Crippen molar-refractivity contribution in [3.05, 3.63) is 41.5 Å². The Morgan fingerprint density at radius 2 is 2.12 bits per heavy atom. The van der Waals surface area contributed by atoms with E-state index in [0.717, 1.165) is 11.6 Å². The molecule has 0 saturated carbocycles. The van der Waals surface area contributed by atoms with Crippen LogP contribution in [-0.2, 0) is 29.2 Å². The summed E-state index contributed by atoms with van der Waals surface area (Å²) < 4.78 is 13.1. The molecule has 1 atom stereocenters. The van der Waals surface area contributed by atoms with Crippen LogP contribution in [0.3, 0.4) is 0 Å². The standard InChI is InChI=1S/C16H18N4O4/c21-16(22)15-11-3-1-2-4-12(11)24-8-5-19(15)9-13-17-18-14-10-23-7-6-20(13)14/h1-4,15H,5-10H2,(H,21,22). The Hall–Kier alpha value is -2.45. The smallest absolute Gasteiger partial charge is 0.325 e. The first-order valence-electron chi connectivity index (χ1n) is 7.91. The van der Waals surface area contributed by atoms with Crippen molar-refractivity contribution in [2.75, 3.05) is 19.8 Å². The van der Waals surface area contributed by atoms with Gasteiger partial charge in [-0.05, 0) is 6.07 Å². The molecular weight excluding hydrogens is 312 g/mol. The second-order valence-electron chi connectivity index (χ2n) is 5.83. The fourth-order valence-corrected chi connectivity index (χ4v) is 3.25. The van der Waals surface area contributed by atoms with Crippen LogP contribution in [0.25, 0.3) is 0 Å². The lowest BCUT2D eigenvalue weighted by Gasteiger charge is -2.26. The highest BCUT2D eigenvalue weighted by molar-refractivity contribution is 5.76. The Kier molecular flexibility index (Phi) is 3.91. The first-order valence-corrected chi connectivity index (χ1v) is 7.91. The van der Waals surface area contributed by atoms with Crippen LogP contribution in [0.15, 0.2) is 24.3 Å². The third-order valence-corrected chi connectivity index (χ3v) is 4.39. The zero-order chi connectivity index (χ0) is 16.5. The molecule has 8 nitrogen and oxygen atoms in total. The van der Waals surface area contributed by atoms with Gasteiger partial charge in [-0.25, -0.2) is 0 Å². The van der Waals surface area contributed by atoms with E-state index >= 15 is 0 Å². The summed E-state index contributed by atoms with van der Waals surface area (Å²) in [5.74, 6) is 1.28. The highest BCUT2D eigenvalue weighted by Crippen LogP contribution is 2.33. The minimum Gasteiger partial charge on any atom is -0.492 e. The van der Waals surface area contributed by atoms with Crippen molar-refractivity contribution >= 4 is 5.97 Å². The van der Waals surface area contributed by atoms with E-state index in [4.69, 9.17) is 9.47 Å². The van der Waals surface area contributed by atoms with Gasteiger partial charge in [0.2, 0.25) is 0 Å². The fourth-order valence-electron chi connectivity index (χ4n) is 3.25. The highest BCUT2D eigenvalue weighted by atomic mass is 16.5. The molecule has 126 valence electrons. The maximum Gasteiger partial charge on any atom is 0.325 e. The molecule has 1 aromatic carbocycles. The Morgan fingerprint density at radius 1 is 1.25 bits per heavy atom. The number of fused-ring (bicyclic) bond motifs is 2. The maximum absolute atomic E-state index is 11.9. The summed E-state index contributed by atoms with van der Waals surface area (Å²) in [6.45, 7) is 3.10. The number of carboxylic acid groups (broad SMARTS) is 1. The number of para-hydroxylation sites is 1. The Bertz CT molecular complexity index is 760. The monoisotopic (exact) mass is 330 g/mol. The van der Waals surface area contributed by atoms with E-state index in [0.29, 0.717) is 50.8 Å². The second kappa shape index (κ2) is 6.21. The summed E-state index contributed by atoms with van der Waals surface area (Å²) in [5, 5.41) is 18.2. The van der Waals surface area contributed by atoms with Crippen LogP contribution in [0, 0.1) is 0 Å². The van der Waals surface area contributed by atoms with Gasteiger partial charge in [0, 0.05) is 18.7 Å². The van der Waals surface area contributed by atoms with Crippen LogP contribution in [0.4, 0.5) is 0 Å². The Labute approximate surface area is 138 Å². The van der Waals surface area contributed by atoms with Crippen molar-refractivity contribution in [3.63, 3.8) is 0 Å². The number of hydrogen-bond donors (Lipinski definition) is 1. The van der Waals surface area contributed by atoms with Crippen molar-refractivity contribution in [1.29, 1.82) is 0 Å². The largest absolute Gasteiger partial charge is 0.492 e. The van der Waals surface area contributed by atoms with Crippen LogP contribution in [0.2, 0.25) is 0 Å². The summed E-state index contributed by atoms with van der Waals surface area (Å²) >= 11 is 0. The van der Waals surface area contributed by atoms with E-state index in [1.807, 2.05) is 27.7 Å². The molecule has 1 unspecified atom stereocenters. The minimum atomic E-state index is -0.894. The van der Waals surface area contributed by atoms with E-state index in [-0.39, 0.29) is 0 Å². The molecule has 0 fully saturated rings. The molecule has 0 amide bonds. The molecule has 4 rings (SSSR count). The number of aromatic nitrogens is 3. The first kappa shape index (κ1) is 15.1. The zero-order valence-electron chi connectivity index (χ0n) is 13.1. The lowest BCUT2D eigenvalue weighted by molar-refractivity contribution is -0.143. The predicted octanol–water partition coefficient (Wildman–Crippen LogP) is 0.829. The number of nitrogens with zero attached hydrogens (tertiary/aromatic N) is 4. The predicted molar refractivity (Wildman–Crippen MR) is 82.4 cm³/mol. The molecule has 8 heteroatoms. The van der Waals surface area contributed by atoms with Gasteiger partial charge >= 0.3 is 5.97 Å². The summed E-state index contributed by atoms with van der Waals surface area (Å²) in [4.78, 5) is 13.8. The molecule has 2 aromatic rings. The average molecular weight is 330 g/mol. The molecule has 2 aliphatic rings. The van der Waals surface area contributed by atoms with Crippen molar-refractivity contribution in [2.45, 2.75) is 25.7 Å². The zero-order valence-corrected chi connectivity index (χ0v) is 13.1. The molecule has 24 heavy (non-hydrogen) atoms. The number of carbonyl (C=O) groups is 1. The molecule has 2 aliphatic heterocycles. The number of benzene rings is 1. The average Bonchev–Trinajstić information content (AvgIpc) is 2.89. The number of aliphatic carboxylic acids is 1. The summed E-state index contributed by atoms with van der Waals surface area (Å²) in [5.41, 5.74) is 0.671. The third-order valence-electron chi connectivity index (χ3n) is 4.39. The quantitative estimate of drug-likeness (QED) is 0.891. The molecule has 0 aliphatic carbocycles. The lowest BCUT2D eigenvalue weighted by atomic mass is 10.0. The number of rotatable bonds is 3. The molecule has 0 bridgehead atoms. The molecule has 1 N–H and O–H groups in total. The van der Waals surface area contributed by atoms with Gasteiger partial charge in [0.05, 0.1) is 13.2 Å². The summed E-state index contributed by atoms with van der Waals surface area (Å²) in [7, 11) is 0. The molecule has 1 aromatic heterocycles. The van der Waals surface area contributed by atoms with Gasteiger partial charge in [-0.1, -0.05) is 18.2 Å². The van der Waals surface area contributed by atoms with Gasteiger partial charge < -0.3 is 19.1 Å². The van der Waals surface area contributed by atoms with Crippen LogP contribution in [0.1, 0.15) is 23.3 Å². The highest BCUT2D eigenvalue weighted by Gasteiger charge is 2.33. The third kappa shape index (κ3) is 2.63. The minimum absolute atomic E-state index is 0.404. The van der Waals surface area contributed by atoms with Gasteiger partial charge in [0.15, 0.2) is 5.82 Å².